The summed E-state index contributed by atoms with van der Waals surface area (Å²) in [5, 5.41) is 7.56. The number of anilines is 1. The minimum atomic E-state index is -0.0103. The minimum Gasteiger partial charge on any atom is -0.328 e. The maximum atomic E-state index is 12.6. The maximum Gasteiger partial charge on any atom is 0.228 e. The summed E-state index contributed by atoms with van der Waals surface area (Å²) in [4.78, 5) is 17.0. The fraction of sp³-hybridized carbons (Fsp3) is 0.571. The topological polar surface area (TPSA) is 85.8 Å². The molecule has 3 N–H and O–H groups in total. The number of nitrogens with zero attached hydrogens (tertiary/aromatic N) is 3. The first-order chi connectivity index (χ1) is 12.9. The number of carbonyl (C=O) groups excluding carboxylic acids is 1. The molecule has 0 aromatic carbocycles. The monoisotopic (exact) mass is 367 g/mol. The van der Waals surface area contributed by atoms with Gasteiger partial charge >= 0.3 is 0 Å². The average molecular weight is 367 g/mol. The lowest BCUT2D eigenvalue weighted by molar-refractivity contribution is -0.120. The van der Waals surface area contributed by atoms with Crippen LogP contribution in [0.15, 0.2) is 24.5 Å². The van der Waals surface area contributed by atoms with Gasteiger partial charge in [0, 0.05) is 36.0 Å². The Morgan fingerprint density at radius 1 is 1.37 bits per heavy atom. The number of hydrogen-bond acceptors (Lipinski definition) is 4. The molecule has 1 saturated carbocycles. The SMILES string of the molecule is CC1(C)CCn2ncc(-c3ccnc(NC(=O)[C@H]4CCC[C@@H](N)C4)c3)c2C1. The number of rotatable bonds is 3. The summed E-state index contributed by atoms with van der Waals surface area (Å²) in [7, 11) is 0. The predicted molar refractivity (Wildman–Crippen MR) is 106 cm³/mol. The second-order valence-corrected chi connectivity index (χ2v) is 8.86. The molecule has 0 unspecified atom stereocenters. The molecule has 4 rings (SSSR count). The van der Waals surface area contributed by atoms with E-state index in [9.17, 15) is 4.79 Å². The zero-order chi connectivity index (χ0) is 19.0. The normalized spacial score (nSPS) is 24.3. The second-order valence-electron chi connectivity index (χ2n) is 8.86. The van der Waals surface area contributed by atoms with Crippen LogP contribution in [0.5, 0.6) is 0 Å². The molecule has 0 saturated heterocycles. The van der Waals surface area contributed by atoms with Crippen molar-refractivity contribution in [3.63, 3.8) is 0 Å². The molecule has 1 aliphatic heterocycles. The lowest BCUT2D eigenvalue weighted by atomic mass is 9.81. The molecular formula is C21H29N5O. The van der Waals surface area contributed by atoms with Crippen LogP contribution < -0.4 is 11.1 Å². The van der Waals surface area contributed by atoms with Crippen LogP contribution in [0.25, 0.3) is 11.1 Å². The van der Waals surface area contributed by atoms with Crippen LogP contribution in [0.4, 0.5) is 5.82 Å². The van der Waals surface area contributed by atoms with Crippen molar-refractivity contribution in [2.75, 3.05) is 5.32 Å². The largest absolute Gasteiger partial charge is 0.328 e. The quantitative estimate of drug-likeness (QED) is 0.871. The number of pyridine rings is 1. The van der Waals surface area contributed by atoms with Crippen LogP contribution in [0.1, 0.15) is 51.6 Å². The molecule has 27 heavy (non-hydrogen) atoms. The average Bonchev–Trinajstić information content (AvgIpc) is 3.03. The number of nitrogens with two attached hydrogens (primary N) is 1. The number of carbonyl (C=O) groups is 1. The van der Waals surface area contributed by atoms with Crippen molar-refractivity contribution in [3.05, 3.63) is 30.2 Å². The van der Waals surface area contributed by atoms with Gasteiger partial charge in [-0.1, -0.05) is 20.3 Å². The first-order valence-electron chi connectivity index (χ1n) is 9.99. The lowest BCUT2D eigenvalue weighted by Gasteiger charge is -2.30. The number of aromatic nitrogens is 3. The third kappa shape index (κ3) is 3.90. The zero-order valence-corrected chi connectivity index (χ0v) is 16.2. The highest BCUT2D eigenvalue weighted by atomic mass is 16.1. The van der Waals surface area contributed by atoms with Crippen LogP contribution in [-0.4, -0.2) is 26.7 Å². The van der Waals surface area contributed by atoms with Gasteiger partial charge in [0.15, 0.2) is 0 Å². The third-order valence-electron chi connectivity index (χ3n) is 6.00. The molecule has 144 valence electrons. The van der Waals surface area contributed by atoms with E-state index in [-0.39, 0.29) is 23.3 Å². The molecule has 2 aromatic rings. The Morgan fingerprint density at radius 3 is 3.04 bits per heavy atom. The number of aryl methyl sites for hydroxylation is 1. The fourth-order valence-corrected chi connectivity index (χ4v) is 4.34. The third-order valence-corrected chi connectivity index (χ3v) is 6.00. The highest BCUT2D eigenvalue weighted by Crippen LogP contribution is 2.36. The van der Waals surface area contributed by atoms with Gasteiger partial charge in [-0.15, -0.1) is 0 Å². The Balaban J connectivity index is 1.54. The van der Waals surface area contributed by atoms with E-state index in [0.717, 1.165) is 56.2 Å². The number of fused-ring (bicyclic) bond motifs is 1. The Bertz CT molecular complexity index is 841. The van der Waals surface area contributed by atoms with Crippen LogP contribution in [0, 0.1) is 11.3 Å². The van der Waals surface area contributed by atoms with E-state index in [1.807, 2.05) is 18.3 Å². The van der Waals surface area contributed by atoms with E-state index >= 15 is 0 Å². The molecule has 2 aliphatic rings. The molecule has 2 aromatic heterocycles. The number of hydrogen-bond donors (Lipinski definition) is 2. The van der Waals surface area contributed by atoms with Crippen LogP contribution in [0.3, 0.4) is 0 Å². The van der Waals surface area contributed by atoms with Crippen LogP contribution in [-0.2, 0) is 17.8 Å². The van der Waals surface area contributed by atoms with E-state index in [0.29, 0.717) is 5.82 Å². The number of amides is 1. The highest BCUT2D eigenvalue weighted by Gasteiger charge is 2.29. The molecule has 6 nitrogen and oxygen atoms in total. The van der Waals surface area contributed by atoms with E-state index in [1.54, 1.807) is 6.20 Å². The Hall–Kier alpha value is -2.21. The smallest absolute Gasteiger partial charge is 0.228 e. The van der Waals surface area contributed by atoms with Crippen LogP contribution in [0.2, 0.25) is 0 Å². The predicted octanol–water partition coefficient (Wildman–Crippen LogP) is 3.37. The molecule has 0 spiro atoms. The molecule has 2 atom stereocenters. The Labute approximate surface area is 160 Å². The summed E-state index contributed by atoms with van der Waals surface area (Å²) in [6.45, 7) is 5.57. The van der Waals surface area contributed by atoms with Gasteiger partial charge in [0.1, 0.15) is 5.82 Å². The van der Waals surface area contributed by atoms with Gasteiger partial charge in [0.05, 0.1) is 6.20 Å². The summed E-state index contributed by atoms with van der Waals surface area (Å²) in [6.07, 6.45) is 9.55. The van der Waals surface area contributed by atoms with Crippen LogP contribution >= 0.6 is 0 Å². The summed E-state index contributed by atoms with van der Waals surface area (Å²) >= 11 is 0. The molecule has 1 amide bonds. The van der Waals surface area contributed by atoms with E-state index < -0.39 is 0 Å². The summed E-state index contributed by atoms with van der Waals surface area (Å²) in [5.41, 5.74) is 9.78. The molecule has 1 aliphatic carbocycles. The van der Waals surface area contributed by atoms with Gasteiger partial charge in [0.2, 0.25) is 5.91 Å². The van der Waals surface area contributed by atoms with Gasteiger partial charge < -0.3 is 11.1 Å². The van der Waals surface area contributed by atoms with Gasteiger partial charge in [0.25, 0.3) is 0 Å². The summed E-state index contributed by atoms with van der Waals surface area (Å²) in [6, 6.07) is 4.09. The van der Waals surface area contributed by atoms with Crippen molar-refractivity contribution in [3.8, 4) is 11.1 Å². The molecule has 0 bridgehead atoms. The van der Waals surface area contributed by atoms with Crippen molar-refractivity contribution >= 4 is 11.7 Å². The van der Waals surface area contributed by atoms with Crippen molar-refractivity contribution < 1.29 is 4.79 Å². The Kier molecular flexibility index (Phi) is 4.76. The van der Waals surface area contributed by atoms with E-state index in [1.165, 1.54) is 5.69 Å². The van der Waals surface area contributed by atoms with Crippen molar-refractivity contribution in [1.82, 2.24) is 14.8 Å². The van der Waals surface area contributed by atoms with E-state index in [4.69, 9.17) is 5.73 Å². The first-order valence-corrected chi connectivity index (χ1v) is 9.99. The molecule has 0 radical (unpaired) electrons. The fourth-order valence-electron chi connectivity index (χ4n) is 4.34. The highest BCUT2D eigenvalue weighted by molar-refractivity contribution is 5.92. The van der Waals surface area contributed by atoms with Gasteiger partial charge in [-0.05, 0) is 55.2 Å². The molecule has 3 heterocycles. The Morgan fingerprint density at radius 2 is 2.22 bits per heavy atom. The minimum absolute atomic E-state index is 0.0103. The van der Waals surface area contributed by atoms with Gasteiger partial charge in [-0.2, -0.15) is 5.10 Å². The molecule has 1 fully saturated rings. The van der Waals surface area contributed by atoms with Crippen molar-refractivity contribution in [2.45, 2.75) is 65.0 Å². The standard InChI is InChI=1S/C21H29N5O/c1-21(2)7-9-26-18(12-21)17(13-24-26)14-6-8-23-19(11-14)25-20(27)15-4-3-5-16(22)10-15/h6,8,11,13,15-16H,3-5,7,9-10,12,22H2,1-2H3,(H,23,25,27)/t15-,16+/m0/s1. The number of nitrogens with one attached hydrogen (secondary N) is 1. The molecule has 6 heteroatoms. The zero-order valence-electron chi connectivity index (χ0n) is 16.2. The van der Waals surface area contributed by atoms with Gasteiger partial charge in [-0.3, -0.25) is 9.48 Å². The molecular weight excluding hydrogens is 338 g/mol. The lowest BCUT2D eigenvalue weighted by Crippen LogP contribution is -2.34. The first kappa shape index (κ1) is 18.2. The second kappa shape index (κ2) is 7.08. The van der Waals surface area contributed by atoms with Crippen molar-refractivity contribution in [2.24, 2.45) is 17.1 Å². The maximum absolute atomic E-state index is 12.6. The summed E-state index contributed by atoms with van der Waals surface area (Å²) in [5.74, 6) is 0.628. The summed E-state index contributed by atoms with van der Waals surface area (Å²) < 4.78 is 2.11. The van der Waals surface area contributed by atoms with Gasteiger partial charge in [-0.25, -0.2) is 4.98 Å². The van der Waals surface area contributed by atoms with Crippen molar-refractivity contribution in [1.29, 1.82) is 0 Å². The van der Waals surface area contributed by atoms with E-state index in [2.05, 4.69) is 33.9 Å².